The summed E-state index contributed by atoms with van der Waals surface area (Å²) in [4.78, 5) is 18.3. The summed E-state index contributed by atoms with van der Waals surface area (Å²) < 4.78 is 54.1. The molecule has 1 fully saturated rings. The van der Waals surface area contributed by atoms with Gasteiger partial charge in [0.15, 0.2) is 5.67 Å². The number of hydrogen-bond acceptors (Lipinski definition) is 4. The number of carbonyl (C=O) groups excluding carboxylic acids is 1. The number of amides is 1. The number of rotatable bonds is 5. The van der Waals surface area contributed by atoms with Gasteiger partial charge in [-0.05, 0) is 23.1 Å². The molecule has 1 aliphatic rings. The largest absolute Gasteiger partial charge is 0.390 e. The monoisotopic (exact) mass is 449 g/mol. The molecule has 6 nitrogen and oxygen atoms in total. The number of halogens is 4. The molecule has 32 heavy (non-hydrogen) atoms. The minimum absolute atomic E-state index is 0.0968. The van der Waals surface area contributed by atoms with Crippen LogP contribution < -0.4 is 5.32 Å². The third-order valence-corrected chi connectivity index (χ3v) is 5.77. The third-order valence-electron chi connectivity index (χ3n) is 5.77. The molecule has 0 spiro atoms. The van der Waals surface area contributed by atoms with E-state index in [1.54, 1.807) is 23.1 Å². The number of aryl methyl sites for hydroxylation is 1. The van der Waals surface area contributed by atoms with E-state index in [0.717, 1.165) is 21.9 Å². The van der Waals surface area contributed by atoms with Crippen molar-refractivity contribution in [1.29, 1.82) is 0 Å². The predicted octanol–water partition coefficient (Wildman–Crippen LogP) is 4.33. The molecule has 0 saturated carbocycles. The highest BCUT2D eigenvalue weighted by atomic mass is 19.4. The Balaban J connectivity index is 1.43. The molecule has 1 amide bonds. The molecule has 0 bridgehead atoms. The Bertz CT molecular complexity index is 1120. The van der Waals surface area contributed by atoms with Crippen LogP contribution in [0, 0.1) is 0 Å². The van der Waals surface area contributed by atoms with E-state index in [0.29, 0.717) is 0 Å². The summed E-state index contributed by atoms with van der Waals surface area (Å²) >= 11 is 0. The highest BCUT2D eigenvalue weighted by Gasteiger charge is 2.42. The molecule has 2 aromatic heterocycles. The zero-order valence-corrected chi connectivity index (χ0v) is 17.5. The first kappa shape index (κ1) is 22.2. The van der Waals surface area contributed by atoms with Gasteiger partial charge in [0, 0.05) is 62.9 Å². The van der Waals surface area contributed by atoms with Crippen molar-refractivity contribution < 1.29 is 22.4 Å². The van der Waals surface area contributed by atoms with Gasteiger partial charge in [-0.25, -0.2) is 9.37 Å². The highest BCUT2D eigenvalue weighted by Crippen LogP contribution is 2.30. The Morgan fingerprint density at radius 3 is 2.53 bits per heavy atom. The van der Waals surface area contributed by atoms with Crippen molar-refractivity contribution in [1.82, 2.24) is 19.7 Å². The second-order valence-electron chi connectivity index (χ2n) is 8.16. The molecule has 3 aromatic rings. The highest BCUT2D eigenvalue weighted by molar-refractivity contribution is 5.98. The van der Waals surface area contributed by atoms with Gasteiger partial charge in [-0.3, -0.25) is 9.48 Å². The van der Waals surface area contributed by atoms with Gasteiger partial charge in [0.05, 0.1) is 12.6 Å². The van der Waals surface area contributed by atoms with Gasteiger partial charge in [0.2, 0.25) is 0 Å². The predicted molar refractivity (Wildman–Crippen MR) is 113 cm³/mol. The van der Waals surface area contributed by atoms with Gasteiger partial charge in [-0.2, -0.15) is 18.3 Å². The van der Waals surface area contributed by atoms with E-state index in [4.69, 9.17) is 0 Å². The van der Waals surface area contributed by atoms with E-state index < -0.39 is 24.2 Å². The van der Waals surface area contributed by atoms with E-state index in [1.165, 1.54) is 4.90 Å². The van der Waals surface area contributed by atoms with E-state index in [2.05, 4.69) is 15.4 Å². The van der Waals surface area contributed by atoms with Gasteiger partial charge < -0.3 is 10.2 Å². The van der Waals surface area contributed by atoms with Gasteiger partial charge in [-0.15, -0.1) is 0 Å². The smallest absolute Gasteiger partial charge is 0.308 e. The minimum Gasteiger partial charge on any atom is -0.308 e. The normalized spacial score (nSPS) is 16.9. The lowest BCUT2D eigenvalue weighted by atomic mass is 9.92. The zero-order chi connectivity index (χ0) is 22.9. The summed E-state index contributed by atoms with van der Waals surface area (Å²) in [5, 5.41) is 8.39. The van der Waals surface area contributed by atoms with Crippen LogP contribution in [0.25, 0.3) is 21.9 Å². The van der Waals surface area contributed by atoms with Crippen LogP contribution in [-0.2, 0) is 11.8 Å². The first-order chi connectivity index (χ1) is 15.1. The number of fused-ring (bicyclic) bond motifs is 1. The van der Waals surface area contributed by atoms with E-state index in [1.807, 2.05) is 31.4 Å². The number of alkyl halides is 4. The van der Waals surface area contributed by atoms with Crippen molar-refractivity contribution in [2.75, 3.05) is 25.0 Å². The number of piperidine rings is 1. The van der Waals surface area contributed by atoms with Crippen LogP contribution in [0.2, 0.25) is 0 Å². The van der Waals surface area contributed by atoms with Crippen LogP contribution in [0.5, 0.6) is 0 Å². The fourth-order valence-corrected chi connectivity index (χ4v) is 3.83. The van der Waals surface area contributed by atoms with Crippen molar-refractivity contribution in [3.05, 3.63) is 42.9 Å². The zero-order valence-electron chi connectivity index (χ0n) is 17.5. The maximum absolute atomic E-state index is 15.2. The number of likely N-dealkylation sites (tertiary alicyclic amines) is 1. The lowest BCUT2D eigenvalue weighted by molar-refractivity contribution is -0.141. The number of anilines is 1. The van der Waals surface area contributed by atoms with Crippen LogP contribution in [0.4, 0.5) is 23.4 Å². The molecular formula is C22H23F4N5O. The number of pyridine rings is 1. The van der Waals surface area contributed by atoms with Gasteiger partial charge in [-0.1, -0.05) is 12.1 Å². The van der Waals surface area contributed by atoms with E-state index in [9.17, 15) is 18.0 Å². The van der Waals surface area contributed by atoms with Crippen LogP contribution in [0.3, 0.4) is 0 Å². The number of benzene rings is 1. The average molecular weight is 449 g/mol. The first-order valence-corrected chi connectivity index (χ1v) is 10.3. The number of hydrogen-bond donors (Lipinski definition) is 1. The first-order valence-electron chi connectivity index (χ1n) is 10.3. The lowest BCUT2D eigenvalue weighted by Gasteiger charge is -2.35. The second-order valence-corrected chi connectivity index (χ2v) is 8.16. The molecule has 0 unspecified atom stereocenters. The fourth-order valence-electron chi connectivity index (χ4n) is 3.83. The summed E-state index contributed by atoms with van der Waals surface area (Å²) in [7, 11) is 1.83. The van der Waals surface area contributed by atoms with E-state index >= 15 is 4.39 Å². The Morgan fingerprint density at radius 1 is 1.12 bits per heavy atom. The van der Waals surface area contributed by atoms with Crippen molar-refractivity contribution in [2.24, 2.45) is 7.05 Å². The third kappa shape index (κ3) is 5.07. The SMILES string of the molecule is Cn1cc(-c2ccc3cnc(NC(=O)C4(F)CCN(CCC(F)(F)F)CC4)cc3c2)cn1. The maximum atomic E-state index is 15.2. The molecule has 170 valence electrons. The van der Waals surface area contributed by atoms with Crippen LogP contribution in [0.1, 0.15) is 19.3 Å². The van der Waals surface area contributed by atoms with Crippen LogP contribution in [0.15, 0.2) is 42.9 Å². The molecule has 0 radical (unpaired) electrons. The van der Waals surface area contributed by atoms with Gasteiger partial charge in [0.25, 0.3) is 5.91 Å². The number of aromatic nitrogens is 3. The molecule has 0 atom stereocenters. The molecular weight excluding hydrogens is 426 g/mol. The Hall–Kier alpha value is -3.01. The van der Waals surface area contributed by atoms with Crippen LogP contribution in [-0.4, -0.2) is 57.1 Å². The van der Waals surface area contributed by atoms with Gasteiger partial charge in [0.1, 0.15) is 5.82 Å². The van der Waals surface area contributed by atoms with Crippen molar-refractivity contribution >= 4 is 22.5 Å². The molecule has 3 heterocycles. The van der Waals surface area contributed by atoms with E-state index in [-0.39, 0.29) is 38.3 Å². The summed E-state index contributed by atoms with van der Waals surface area (Å²) in [6.07, 6.45) is -0.272. The fraction of sp³-hybridized carbons (Fsp3) is 0.409. The number of carbonyl (C=O) groups is 1. The molecule has 1 saturated heterocycles. The average Bonchev–Trinajstić information content (AvgIpc) is 3.18. The molecule has 4 rings (SSSR count). The molecule has 1 aliphatic heterocycles. The summed E-state index contributed by atoms with van der Waals surface area (Å²) in [5.74, 6) is -0.592. The van der Waals surface area contributed by atoms with Crippen molar-refractivity contribution in [2.45, 2.75) is 31.1 Å². The molecule has 10 heteroatoms. The van der Waals surface area contributed by atoms with Crippen LogP contribution >= 0.6 is 0 Å². The molecule has 1 aromatic carbocycles. The summed E-state index contributed by atoms with van der Waals surface area (Å²) in [5.41, 5.74) is -0.248. The molecule has 0 aliphatic carbocycles. The second kappa shape index (κ2) is 8.50. The maximum Gasteiger partial charge on any atom is 0.390 e. The Kier molecular flexibility index (Phi) is 5.89. The quantitative estimate of drug-likeness (QED) is 0.589. The standard InChI is InChI=1S/C22H23F4N5O/c1-30-14-18(13-28-30)15-2-3-16-12-27-19(11-17(16)10-15)29-20(32)21(23)4-7-31(8-5-21)9-6-22(24,25)26/h2-3,10-14H,4-9H2,1H3,(H,27,29,32). The summed E-state index contributed by atoms with van der Waals surface area (Å²) in [6.45, 7) is 0.00589. The van der Waals surface area contributed by atoms with Gasteiger partial charge >= 0.3 is 6.18 Å². The molecule has 1 N–H and O–H groups in total. The summed E-state index contributed by atoms with van der Waals surface area (Å²) in [6, 6.07) is 7.47. The Morgan fingerprint density at radius 2 is 1.88 bits per heavy atom. The van der Waals surface area contributed by atoms with Crippen molar-refractivity contribution in [3.8, 4) is 11.1 Å². The Labute approximate surface area is 182 Å². The minimum atomic E-state index is -4.25. The van der Waals surface area contributed by atoms with Crippen molar-refractivity contribution in [3.63, 3.8) is 0 Å². The lowest BCUT2D eigenvalue weighted by Crippen LogP contribution is -2.49. The number of nitrogens with zero attached hydrogens (tertiary/aromatic N) is 4. The topological polar surface area (TPSA) is 63.1 Å². The number of nitrogens with one attached hydrogen (secondary N) is 1.